The van der Waals surface area contributed by atoms with Crippen LogP contribution in [-0.4, -0.2) is 23.5 Å². The van der Waals surface area contributed by atoms with Gasteiger partial charge in [-0.2, -0.15) is 0 Å². The van der Waals surface area contributed by atoms with Gasteiger partial charge in [-0.1, -0.05) is 30.3 Å². The van der Waals surface area contributed by atoms with Crippen LogP contribution >= 0.6 is 0 Å². The second kappa shape index (κ2) is 5.51. The fourth-order valence-electron chi connectivity index (χ4n) is 2.57. The molecule has 0 aliphatic carbocycles. The summed E-state index contributed by atoms with van der Waals surface area (Å²) in [5, 5.41) is 0. The second-order valence-electron chi connectivity index (χ2n) is 4.80. The third-order valence-corrected chi connectivity index (χ3v) is 3.51. The van der Waals surface area contributed by atoms with Gasteiger partial charge in [0, 0.05) is 0 Å². The number of hydrogen-bond acceptors (Lipinski definition) is 4. The zero-order chi connectivity index (χ0) is 13.9. The molecule has 1 saturated heterocycles. The van der Waals surface area contributed by atoms with Gasteiger partial charge in [0.15, 0.2) is 0 Å². The van der Waals surface area contributed by atoms with E-state index >= 15 is 0 Å². The van der Waals surface area contributed by atoms with Crippen LogP contribution in [0.1, 0.15) is 24.3 Å². The molecule has 0 bridgehead atoms. The molecule has 0 N–H and O–H groups in total. The van der Waals surface area contributed by atoms with Crippen molar-refractivity contribution in [3.05, 3.63) is 60.1 Å². The Kier molecular flexibility index (Phi) is 3.56. The molecule has 1 aromatic heterocycles. The Balaban J connectivity index is 1.77. The minimum absolute atomic E-state index is 0.0837. The molecular formula is C16H17NO3. The van der Waals surface area contributed by atoms with Crippen molar-refractivity contribution in [2.24, 2.45) is 0 Å². The quantitative estimate of drug-likeness (QED) is 0.619. The number of carbonyl (C=O) groups excluding carboxylic acids is 1. The van der Waals surface area contributed by atoms with Crippen molar-refractivity contribution in [1.29, 1.82) is 0 Å². The van der Waals surface area contributed by atoms with Gasteiger partial charge in [-0.05, 0) is 24.6 Å². The highest BCUT2D eigenvalue weighted by atomic mass is 16.5. The summed E-state index contributed by atoms with van der Waals surface area (Å²) in [4.78, 5) is 14.1. The molecule has 4 heteroatoms. The first kappa shape index (κ1) is 12.9. The van der Waals surface area contributed by atoms with Crippen LogP contribution < -0.4 is 0 Å². The average Bonchev–Trinajstić information content (AvgIpc) is 2.92. The van der Waals surface area contributed by atoms with E-state index in [9.17, 15) is 4.79 Å². The number of esters is 1. The number of nitrogens with zero attached hydrogens (tertiary/aromatic N) is 1. The lowest BCUT2D eigenvalue weighted by molar-refractivity contribution is -0.143. The molecule has 2 heterocycles. The monoisotopic (exact) mass is 271 g/mol. The normalized spacial score (nSPS) is 24.4. The van der Waals surface area contributed by atoms with Crippen molar-refractivity contribution in [1.82, 2.24) is 4.90 Å². The summed E-state index contributed by atoms with van der Waals surface area (Å²) < 4.78 is 10.5. The molecule has 0 saturated carbocycles. The lowest BCUT2D eigenvalue weighted by Crippen LogP contribution is -2.16. The zero-order valence-electron chi connectivity index (χ0n) is 11.4. The Labute approximate surface area is 118 Å². The van der Waals surface area contributed by atoms with Gasteiger partial charge in [-0.25, -0.2) is 0 Å². The van der Waals surface area contributed by atoms with Crippen molar-refractivity contribution < 1.29 is 13.9 Å². The smallest absolute Gasteiger partial charge is 0.325 e. The lowest BCUT2D eigenvalue weighted by Gasteiger charge is -2.01. The van der Waals surface area contributed by atoms with Gasteiger partial charge in [0.25, 0.3) is 0 Å². The summed E-state index contributed by atoms with van der Waals surface area (Å²) in [6.45, 7) is 2.86. The number of carbonyl (C=O) groups is 1. The molecule has 1 aliphatic rings. The minimum Gasteiger partial charge on any atom is -0.468 e. The average molecular weight is 271 g/mol. The lowest BCUT2D eigenvalue weighted by atomic mass is 10.1. The van der Waals surface area contributed by atoms with Gasteiger partial charge in [-0.15, -0.1) is 0 Å². The summed E-state index contributed by atoms with van der Waals surface area (Å²) in [5.41, 5.74) is 1.14. The van der Waals surface area contributed by atoms with Gasteiger partial charge in [0.05, 0.1) is 25.5 Å². The largest absolute Gasteiger partial charge is 0.468 e. The van der Waals surface area contributed by atoms with Gasteiger partial charge in [-0.3, -0.25) is 9.69 Å². The SMILES string of the molecule is CCOC(=O)[C@H]1[C@@H](c2ccccc2)N1Cc1ccco1. The summed E-state index contributed by atoms with van der Waals surface area (Å²) in [7, 11) is 0. The predicted molar refractivity (Wildman–Crippen MR) is 73.9 cm³/mol. The number of hydrogen-bond donors (Lipinski definition) is 0. The van der Waals surface area contributed by atoms with Crippen molar-refractivity contribution in [2.75, 3.05) is 6.61 Å². The highest BCUT2D eigenvalue weighted by molar-refractivity contribution is 5.80. The van der Waals surface area contributed by atoms with Crippen LogP contribution in [0.3, 0.4) is 0 Å². The summed E-state index contributed by atoms with van der Waals surface area (Å²) in [6, 6.07) is 13.7. The Morgan fingerprint density at radius 1 is 1.25 bits per heavy atom. The summed E-state index contributed by atoms with van der Waals surface area (Å²) in [6.07, 6.45) is 1.65. The number of rotatable bonds is 5. The van der Waals surface area contributed by atoms with Crippen LogP contribution in [0.5, 0.6) is 0 Å². The fourth-order valence-corrected chi connectivity index (χ4v) is 2.57. The Morgan fingerprint density at radius 3 is 2.70 bits per heavy atom. The Morgan fingerprint density at radius 2 is 2.05 bits per heavy atom. The first-order valence-corrected chi connectivity index (χ1v) is 6.81. The zero-order valence-corrected chi connectivity index (χ0v) is 11.4. The summed E-state index contributed by atoms with van der Waals surface area (Å²) in [5.74, 6) is 0.700. The molecule has 0 spiro atoms. The van der Waals surface area contributed by atoms with E-state index in [0.717, 1.165) is 11.3 Å². The topological polar surface area (TPSA) is 42.5 Å². The third kappa shape index (κ3) is 2.47. The van der Waals surface area contributed by atoms with E-state index < -0.39 is 0 Å². The maximum Gasteiger partial charge on any atom is 0.325 e. The van der Waals surface area contributed by atoms with E-state index in [1.54, 1.807) is 6.26 Å². The first-order chi connectivity index (χ1) is 9.81. The van der Waals surface area contributed by atoms with E-state index in [2.05, 4.69) is 4.90 Å². The first-order valence-electron chi connectivity index (χ1n) is 6.81. The molecule has 1 unspecified atom stereocenters. The molecule has 3 rings (SSSR count). The maximum atomic E-state index is 12.0. The highest BCUT2D eigenvalue weighted by Crippen LogP contribution is 2.44. The molecule has 1 aliphatic heterocycles. The van der Waals surface area contributed by atoms with Gasteiger partial charge >= 0.3 is 5.97 Å². The summed E-state index contributed by atoms with van der Waals surface area (Å²) >= 11 is 0. The second-order valence-corrected chi connectivity index (χ2v) is 4.80. The van der Waals surface area contributed by atoms with Crippen molar-refractivity contribution in [2.45, 2.75) is 25.6 Å². The third-order valence-electron chi connectivity index (χ3n) is 3.51. The van der Waals surface area contributed by atoms with Crippen LogP contribution in [0.2, 0.25) is 0 Å². The molecule has 0 amide bonds. The Bertz CT molecular complexity index is 565. The molecule has 3 atom stereocenters. The van der Waals surface area contributed by atoms with Gasteiger partial charge < -0.3 is 9.15 Å². The van der Waals surface area contributed by atoms with Crippen LogP contribution in [-0.2, 0) is 16.1 Å². The molecule has 0 radical (unpaired) electrons. The van der Waals surface area contributed by atoms with E-state index in [1.807, 2.05) is 49.4 Å². The van der Waals surface area contributed by atoms with E-state index in [-0.39, 0.29) is 18.1 Å². The molecule has 104 valence electrons. The number of ether oxygens (including phenoxy) is 1. The minimum atomic E-state index is -0.206. The van der Waals surface area contributed by atoms with Crippen molar-refractivity contribution in [3.63, 3.8) is 0 Å². The van der Waals surface area contributed by atoms with E-state index in [4.69, 9.17) is 9.15 Å². The van der Waals surface area contributed by atoms with Crippen LogP contribution in [0.15, 0.2) is 53.1 Å². The Hall–Kier alpha value is -2.07. The number of benzene rings is 1. The standard InChI is InChI=1S/C16H17NO3/c1-2-19-16(18)15-14(12-7-4-3-5-8-12)17(15)11-13-9-6-10-20-13/h3-10,14-15H,2,11H2,1H3/t14-,15-,17?/m1/s1. The van der Waals surface area contributed by atoms with Crippen LogP contribution in [0.4, 0.5) is 0 Å². The number of furan rings is 1. The molecule has 1 aromatic carbocycles. The van der Waals surface area contributed by atoms with Crippen molar-refractivity contribution in [3.8, 4) is 0 Å². The predicted octanol–water partition coefficient (Wildman–Crippen LogP) is 2.77. The van der Waals surface area contributed by atoms with Crippen molar-refractivity contribution >= 4 is 5.97 Å². The molecular weight excluding hydrogens is 254 g/mol. The molecule has 2 aromatic rings. The molecule has 1 fully saturated rings. The molecule has 20 heavy (non-hydrogen) atoms. The fraction of sp³-hybridized carbons (Fsp3) is 0.312. The van der Waals surface area contributed by atoms with Crippen LogP contribution in [0.25, 0.3) is 0 Å². The van der Waals surface area contributed by atoms with E-state index in [1.165, 1.54) is 0 Å². The highest BCUT2D eigenvalue weighted by Gasteiger charge is 2.54. The molecule has 4 nitrogen and oxygen atoms in total. The van der Waals surface area contributed by atoms with Crippen LogP contribution in [0, 0.1) is 0 Å². The maximum absolute atomic E-state index is 12.0. The van der Waals surface area contributed by atoms with Gasteiger partial charge in [0.2, 0.25) is 0 Å². The van der Waals surface area contributed by atoms with Gasteiger partial charge in [0.1, 0.15) is 11.8 Å². The van der Waals surface area contributed by atoms with E-state index in [0.29, 0.717) is 13.2 Å².